The maximum absolute atomic E-state index is 4.72. The molecule has 2 rings (SSSR count). The van der Waals surface area contributed by atoms with Gasteiger partial charge in [-0.1, -0.05) is 27.7 Å². The van der Waals surface area contributed by atoms with E-state index in [9.17, 15) is 0 Å². The van der Waals surface area contributed by atoms with Crippen LogP contribution in [0.25, 0.3) is 0 Å². The lowest BCUT2D eigenvalue weighted by atomic mass is 10.2. The van der Waals surface area contributed by atoms with Gasteiger partial charge in [-0.05, 0) is 24.7 Å². The Kier molecular flexibility index (Phi) is 4.84. The molecule has 1 saturated carbocycles. The lowest BCUT2D eigenvalue weighted by molar-refractivity contribution is 0.708. The van der Waals surface area contributed by atoms with E-state index in [0.29, 0.717) is 5.92 Å². The maximum Gasteiger partial charge on any atom is 0.135 e. The van der Waals surface area contributed by atoms with E-state index >= 15 is 0 Å². The standard InChI is InChI=1S/C16H28N4/c1-6-7-17-14-9-15(19-16(18-14)11(2)3)20(5)10-13-8-12(13)4/h9,11-13H,6-8,10H2,1-5H3,(H,17,18,19). The van der Waals surface area contributed by atoms with Crippen LogP contribution in [0, 0.1) is 11.8 Å². The van der Waals surface area contributed by atoms with Crippen LogP contribution >= 0.6 is 0 Å². The summed E-state index contributed by atoms with van der Waals surface area (Å²) in [5.41, 5.74) is 0. The smallest absolute Gasteiger partial charge is 0.135 e. The van der Waals surface area contributed by atoms with Gasteiger partial charge in [0.15, 0.2) is 0 Å². The maximum atomic E-state index is 4.72. The molecule has 1 aromatic heterocycles. The zero-order valence-corrected chi connectivity index (χ0v) is 13.5. The zero-order valence-electron chi connectivity index (χ0n) is 13.5. The van der Waals surface area contributed by atoms with E-state index in [1.54, 1.807) is 0 Å². The molecule has 0 bridgehead atoms. The lowest BCUT2D eigenvalue weighted by Crippen LogP contribution is -2.23. The topological polar surface area (TPSA) is 41.0 Å². The van der Waals surface area contributed by atoms with Crippen molar-refractivity contribution in [2.45, 2.75) is 46.5 Å². The van der Waals surface area contributed by atoms with E-state index in [1.807, 2.05) is 0 Å². The Balaban J connectivity index is 2.14. The SMILES string of the molecule is CCCNc1cc(N(C)CC2CC2C)nc(C(C)C)n1. The molecule has 0 aromatic carbocycles. The summed E-state index contributed by atoms with van der Waals surface area (Å²) in [5, 5.41) is 3.38. The molecule has 0 aliphatic heterocycles. The summed E-state index contributed by atoms with van der Waals surface area (Å²) >= 11 is 0. The van der Waals surface area contributed by atoms with Crippen molar-refractivity contribution in [2.75, 3.05) is 30.4 Å². The third kappa shape index (κ3) is 3.84. The summed E-state index contributed by atoms with van der Waals surface area (Å²) in [7, 11) is 2.14. The van der Waals surface area contributed by atoms with Crippen LogP contribution in [0.1, 0.15) is 52.3 Å². The van der Waals surface area contributed by atoms with E-state index in [4.69, 9.17) is 4.98 Å². The molecule has 0 saturated heterocycles. The van der Waals surface area contributed by atoms with E-state index in [2.05, 4.69) is 56.0 Å². The number of rotatable bonds is 7. The Hall–Kier alpha value is -1.32. The molecule has 1 aromatic rings. The van der Waals surface area contributed by atoms with Crippen molar-refractivity contribution in [3.63, 3.8) is 0 Å². The quantitative estimate of drug-likeness (QED) is 0.827. The first-order valence-electron chi connectivity index (χ1n) is 7.85. The van der Waals surface area contributed by atoms with Gasteiger partial charge in [0.1, 0.15) is 17.5 Å². The van der Waals surface area contributed by atoms with Crippen molar-refractivity contribution in [1.82, 2.24) is 9.97 Å². The summed E-state index contributed by atoms with van der Waals surface area (Å²) in [5.74, 6) is 4.99. The molecule has 2 unspecified atom stereocenters. The number of nitrogens with zero attached hydrogens (tertiary/aromatic N) is 3. The highest BCUT2D eigenvalue weighted by Crippen LogP contribution is 2.38. The second-order valence-corrected chi connectivity index (χ2v) is 6.40. The van der Waals surface area contributed by atoms with E-state index in [1.165, 1.54) is 6.42 Å². The second-order valence-electron chi connectivity index (χ2n) is 6.40. The minimum Gasteiger partial charge on any atom is -0.370 e. The van der Waals surface area contributed by atoms with E-state index in [-0.39, 0.29) is 0 Å². The molecular formula is C16H28N4. The first-order valence-corrected chi connectivity index (χ1v) is 7.85. The highest BCUT2D eigenvalue weighted by atomic mass is 15.2. The minimum atomic E-state index is 0.352. The predicted octanol–water partition coefficient (Wildman–Crippen LogP) is 3.51. The Morgan fingerprint density at radius 2 is 2.10 bits per heavy atom. The second kappa shape index (κ2) is 6.42. The van der Waals surface area contributed by atoms with Crippen molar-refractivity contribution in [2.24, 2.45) is 11.8 Å². The largest absolute Gasteiger partial charge is 0.370 e. The zero-order chi connectivity index (χ0) is 14.7. The van der Waals surface area contributed by atoms with Crippen LogP contribution in [0.3, 0.4) is 0 Å². The molecule has 4 nitrogen and oxygen atoms in total. The molecule has 1 N–H and O–H groups in total. The molecule has 20 heavy (non-hydrogen) atoms. The van der Waals surface area contributed by atoms with Crippen LogP contribution < -0.4 is 10.2 Å². The van der Waals surface area contributed by atoms with Crippen LogP contribution in [0.15, 0.2) is 6.07 Å². The van der Waals surface area contributed by atoms with Gasteiger partial charge >= 0.3 is 0 Å². The third-order valence-electron chi connectivity index (χ3n) is 3.98. The minimum absolute atomic E-state index is 0.352. The Bertz CT molecular complexity index is 444. The van der Waals surface area contributed by atoms with Crippen LogP contribution in [-0.4, -0.2) is 30.1 Å². The van der Waals surface area contributed by atoms with Gasteiger partial charge in [-0.2, -0.15) is 0 Å². The summed E-state index contributed by atoms with van der Waals surface area (Å²) in [6.45, 7) is 10.8. The summed E-state index contributed by atoms with van der Waals surface area (Å²) in [4.78, 5) is 11.6. The van der Waals surface area contributed by atoms with Gasteiger partial charge in [-0.3, -0.25) is 0 Å². The number of hydrogen-bond acceptors (Lipinski definition) is 4. The fourth-order valence-electron chi connectivity index (χ4n) is 2.35. The molecule has 0 radical (unpaired) electrons. The first-order chi connectivity index (χ1) is 9.51. The van der Waals surface area contributed by atoms with Crippen molar-refractivity contribution in [3.8, 4) is 0 Å². The third-order valence-corrected chi connectivity index (χ3v) is 3.98. The number of anilines is 2. The highest BCUT2D eigenvalue weighted by Gasteiger charge is 2.33. The normalized spacial score (nSPS) is 21.1. The number of hydrogen-bond donors (Lipinski definition) is 1. The molecule has 1 heterocycles. The summed E-state index contributed by atoms with van der Waals surface area (Å²) in [6.07, 6.45) is 2.46. The van der Waals surface area contributed by atoms with Gasteiger partial charge < -0.3 is 10.2 Å². The molecule has 2 atom stereocenters. The Morgan fingerprint density at radius 3 is 2.65 bits per heavy atom. The Morgan fingerprint density at radius 1 is 1.40 bits per heavy atom. The van der Waals surface area contributed by atoms with Gasteiger partial charge in [0.05, 0.1) is 0 Å². The monoisotopic (exact) mass is 276 g/mol. The first kappa shape index (κ1) is 15.1. The van der Waals surface area contributed by atoms with Gasteiger partial charge in [0, 0.05) is 32.1 Å². The predicted molar refractivity (Wildman–Crippen MR) is 85.4 cm³/mol. The van der Waals surface area contributed by atoms with Crippen molar-refractivity contribution in [3.05, 3.63) is 11.9 Å². The van der Waals surface area contributed by atoms with Crippen LogP contribution in [-0.2, 0) is 0 Å². The van der Waals surface area contributed by atoms with Crippen LogP contribution in [0.5, 0.6) is 0 Å². The summed E-state index contributed by atoms with van der Waals surface area (Å²) < 4.78 is 0. The Labute approximate surface area is 123 Å². The van der Waals surface area contributed by atoms with Gasteiger partial charge in [-0.25, -0.2) is 9.97 Å². The molecule has 0 spiro atoms. The van der Waals surface area contributed by atoms with Crippen LogP contribution in [0.4, 0.5) is 11.6 Å². The molecule has 1 aliphatic carbocycles. The van der Waals surface area contributed by atoms with Crippen molar-refractivity contribution >= 4 is 11.6 Å². The fraction of sp³-hybridized carbons (Fsp3) is 0.750. The lowest BCUT2D eigenvalue weighted by Gasteiger charge is -2.20. The average Bonchev–Trinajstić information content (AvgIpc) is 3.11. The molecule has 0 amide bonds. The van der Waals surface area contributed by atoms with Crippen LogP contribution in [0.2, 0.25) is 0 Å². The van der Waals surface area contributed by atoms with E-state index in [0.717, 1.165) is 48.8 Å². The van der Waals surface area contributed by atoms with Gasteiger partial charge in [0.2, 0.25) is 0 Å². The van der Waals surface area contributed by atoms with Gasteiger partial charge in [-0.15, -0.1) is 0 Å². The van der Waals surface area contributed by atoms with E-state index < -0.39 is 0 Å². The fourth-order valence-corrected chi connectivity index (χ4v) is 2.35. The highest BCUT2D eigenvalue weighted by molar-refractivity contribution is 5.49. The molecule has 1 aliphatic rings. The van der Waals surface area contributed by atoms with Crippen molar-refractivity contribution < 1.29 is 0 Å². The molecular weight excluding hydrogens is 248 g/mol. The summed E-state index contributed by atoms with van der Waals surface area (Å²) in [6, 6.07) is 2.08. The van der Waals surface area contributed by atoms with Gasteiger partial charge in [0.25, 0.3) is 0 Å². The van der Waals surface area contributed by atoms with Crippen molar-refractivity contribution in [1.29, 1.82) is 0 Å². The average molecular weight is 276 g/mol. The number of aromatic nitrogens is 2. The molecule has 112 valence electrons. The molecule has 1 fully saturated rings. The molecule has 4 heteroatoms. The number of nitrogens with one attached hydrogen (secondary N) is 1.